The lowest BCUT2D eigenvalue weighted by Crippen LogP contribution is -2.50. The third-order valence-electron chi connectivity index (χ3n) is 4.37. The van der Waals surface area contributed by atoms with Gasteiger partial charge in [0.05, 0.1) is 13.2 Å². The molecular formula is C17H21F3N2O4. The highest BCUT2D eigenvalue weighted by Crippen LogP contribution is 2.31. The van der Waals surface area contributed by atoms with Crippen LogP contribution >= 0.6 is 0 Å². The van der Waals surface area contributed by atoms with Crippen molar-refractivity contribution in [2.24, 2.45) is 0 Å². The molecule has 2 fully saturated rings. The van der Waals surface area contributed by atoms with Crippen LogP contribution in [0.4, 0.5) is 18.0 Å². The monoisotopic (exact) mass is 374 g/mol. The number of alkyl halides is 3. The molecule has 0 radical (unpaired) electrons. The van der Waals surface area contributed by atoms with Crippen LogP contribution in [0.15, 0.2) is 24.3 Å². The lowest BCUT2D eigenvalue weighted by Gasteiger charge is -2.37. The Balaban J connectivity index is 1.46. The molecule has 2 amide bonds. The molecule has 2 aliphatic rings. The summed E-state index contributed by atoms with van der Waals surface area (Å²) in [5, 5.41) is 2.77. The minimum absolute atomic E-state index is 0.115. The van der Waals surface area contributed by atoms with Crippen LogP contribution in [0.3, 0.4) is 0 Å². The maximum absolute atomic E-state index is 12.3. The van der Waals surface area contributed by atoms with Crippen molar-refractivity contribution in [1.82, 2.24) is 10.2 Å². The SMILES string of the molecule is O=C(NCc1cccc(OCC(F)(F)F)c1)N1CCC2(CC1)OCCO2. The van der Waals surface area contributed by atoms with Crippen molar-refractivity contribution in [3.8, 4) is 5.75 Å². The van der Waals surface area contributed by atoms with Gasteiger partial charge in [0.25, 0.3) is 0 Å². The summed E-state index contributed by atoms with van der Waals surface area (Å²) in [6.07, 6.45) is -3.13. The van der Waals surface area contributed by atoms with Crippen molar-refractivity contribution < 1.29 is 32.2 Å². The molecule has 2 aliphatic heterocycles. The second-order valence-electron chi connectivity index (χ2n) is 6.30. The van der Waals surface area contributed by atoms with Crippen LogP contribution in [-0.4, -0.2) is 55.8 Å². The lowest BCUT2D eigenvalue weighted by molar-refractivity contribution is -0.181. The fourth-order valence-corrected chi connectivity index (χ4v) is 3.04. The van der Waals surface area contributed by atoms with Crippen molar-refractivity contribution in [2.45, 2.75) is 31.3 Å². The van der Waals surface area contributed by atoms with Gasteiger partial charge in [-0.3, -0.25) is 0 Å². The number of rotatable bonds is 4. The summed E-state index contributed by atoms with van der Waals surface area (Å²) in [6, 6.07) is 6.01. The molecule has 0 saturated carbocycles. The van der Waals surface area contributed by atoms with Crippen molar-refractivity contribution in [3.63, 3.8) is 0 Å². The highest BCUT2D eigenvalue weighted by atomic mass is 19.4. The maximum Gasteiger partial charge on any atom is 0.422 e. The van der Waals surface area contributed by atoms with Gasteiger partial charge in [-0.25, -0.2) is 4.79 Å². The Kier molecular flexibility index (Phi) is 5.57. The zero-order valence-corrected chi connectivity index (χ0v) is 14.2. The van der Waals surface area contributed by atoms with E-state index in [-0.39, 0.29) is 18.3 Å². The van der Waals surface area contributed by atoms with Gasteiger partial charge in [0, 0.05) is 32.5 Å². The van der Waals surface area contributed by atoms with Crippen molar-refractivity contribution in [1.29, 1.82) is 0 Å². The average Bonchev–Trinajstić information content (AvgIpc) is 3.06. The summed E-state index contributed by atoms with van der Waals surface area (Å²) >= 11 is 0. The molecule has 0 aliphatic carbocycles. The van der Waals surface area contributed by atoms with Gasteiger partial charge in [0.15, 0.2) is 12.4 Å². The van der Waals surface area contributed by atoms with E-state index in [0.717, 1.165) is 0 Å². The number of urea groups is 1. The van der Waals surface area contributed by atoms with Crippen LogP contribution in [0, 0.1) is 0 Å². The highest BCUT2D eigenvalue weighted by Gasteiger charge is 2.40. The summed E-state index contributed by atoms with van der Waals surface area (Å²) in [7, 11) is 0. The number of ether oxygens (including phenoxy) is 3. The zero-order chi connectivity index (χ0) is 18.6. The smallest absolute Gasteiger partial charge is 0.422 e. The number of carbonyl (C=O) groups is 1. The van der Waals surface area contributed by atoms with Crippen LogP contribution in [0.1, 0.15) is 18.4 Å². The van der Waals surface area contributed by atoms with E-state index in [0.29, 0.717) is 44.7 Å². The summed E-state index contributed by atoms with van der Waals surface area (Å²) in [4.78, 5) is 14.0. The zero-order valence-electron chi connectivity index (χ0n) is 14.2. The van der Waals surface area contributed by atoms with Crippen LogP contribution in [0.25, 0.3) is 0 Å². The van der Waals surface area contributed by atoms with Crippen LogP contribution in [0.5, 0.6) is 5.75 Å². The molecule has 3 rings (SSSR count). The third kappa shape index (κ3) is 5.01. The maximum atomic E-state index is 12.3. The van der Waals surface area contributed by atoms with E-state index in [1.54, 1.807) is 17.0 Å². The minimum Gasteiger partial charge on any atom is -0.484 e. The van der Waals surface area contributed by atoms with E-state index >= 15 is 0 Å². The van der Waals surface area contributed by atoms with Gasteiger partial charge >= 0.3 is 12.2 Å². The van der Waals surface area contributed by atoms with E-state index < -0.39 is 18.6 Å². The second-order valence-corrected chi connectivity index (χ2v) is 6.30. The average molecular weight is 374 g/mol. The number of hydrogen-bond acceptors (Lipinski definition) is 4. The Morgan fingerprint density at radius 2 is 1.92 bits per heavy atom. The van der Waals surface area contributed by atoms with Crippen molar-refractivity contribution in [2.75, 3.05) is 32.9 Å². The quantitative estimate of drug-likeness (QED) is 0.880. The molecule has 0 unspecified atom stereocenters. The number of benzene rings is 1. The van der Waals surface area contributed by atoms with Crippen LogP contribution in [0.2, 0.25) is 0 Å². The van der Waals surface area contributed by atoms with Gasteiger partial charge < -0.3 is 24.4 Å². The van der Waals surface area contributed by atoms with E-state index in [1.807, 2.05) is 0 Å². The molecule has 6 nitrogen and oxygen atoms in total. The number of hydrogen-bond donors (Lipinski definition) is 1. The Morgan fingerprint density at radius 3 is 2.58 bits per heavy atom. The number of piperidine rings is 1. The summed E-state index contributed by atoms with van der Waals surface area (Å²) < 4.78 is 52.6. The molecule has 26 heavy (non-hydrogen) atoms. The number of nitrogens with zero attached hydrogens (tertiary/aromatic N) is 1. The van der Waals surface area contributed by atoms with Crippen molar-refractivity contribution in [3.05, 3.63) is 29.8 Å². The molecule has 1 aromatic rings. The third-order valence-corrected chi connectivity index (χ3v) is 4.37. The van der Waals surface area contributed by atoms with Crippen LogP contribution < -0.4 is 10.1 Å². The molecular weight excluding hydrogens is 353 g/mol. The minimum atomic E-state index is -4.39. The Hall–Kier alpha value is -2.00. The lowest BCUT2D eigenvalue weighted by atomic mass is 10.0. The molecule has 1 aromatic carbocycles. The van der Waals surface area contributed by atoms with Gasteiger partial charge in [-0.05, 0) is 17.7 Å². The standard InChI is InChI=1S/C17H21F3N2O4/c18-17(19,20)12-24-14-3-1-2-13(10-14)11-21-15(23)22-6-4-16(5-7-22)25-8-9-26-16/h1-3,10H,4-9,11-12H2,(H,21,23). The predicted molar refractivity (Wildman–Crippen MR) is 85.7 cm³/mol. The first-order valence-electron chi connectivity index (χ1n) is 8.44. The van der Waals surface area contributed by atoms with E-state index in [1.165, 1.54) is 12.1 Å². The number of nitrogens with one attached hydrogen (secondary N) is 1. The molecule has 1 spiro atoms. The highest BCUT2D eigenvalue weighted by molar-refractivity contribution is 5.74. The Labute approximate surface area is 149 Å². The first-order valence-corrected chi connectivity index (χ1v) is 8.44. The van der Waals surface area contributed by atoms with E-state index in [4.69, 9.17) is 14.2 Å². The largest absolute Gasteiger partial charge is 0.484 e. The number of carbonyl (C=O) groups excluding carboxylic acids is 1. The number of amides is 2. The molecule has 0 bridgehead atoms. The fraction of sp³-hybridized carbons (Fsp3) is 0.588. The van der Waals surface area contributed by atoms with E-state index in [2.05, 4.69) is 5.32 Å². The number of likely N-dealkylation sites (tertiary alicyclic amines) is 1. The van der Waals surface area contributed by atoms with Crippen LogP contribution in [-0.2, 0) is 16.0 Å². The second kappa shape index (κ2) is 7.71. The fourth-order valence-electron chi connectivity index (χ4n) is 3.04. The molecule has 9 heteroatoms. The number of halogens is 3. The topological polar surface area (TPSA) is 60.0 Å². The van der Waals surface area contributed by atoms with Gasteiger partial charge in [0.1, 0.15) is 5.75 Å². The Bertz CT molecular complexity index is 623. The molecule has 0 atom stereocenters. The predicted octanol–water partition coefficient (Wildman–Crippen LogP) is 2.68. The van der Waals surface area contributed by atoms with Gasteiger partial charge in [-0.1, -0.05) is 12.1 Å². The molecule has 0 aromatic heterocycles. The molecule has 2 heterocycles. The van der Waals surface area contributed by atoms with Gasteiger partial charge in [-0.2, -0.15) is 13.2 Å². The normalized spacial score (nSPS) is 19.6. The van der Waals surface area contributed by atoms with Crippen molar-refractivity contribution >= 4 is 6.03 Å². The first-order chi connectivity index (χ1) is 12.4. The Morgan fingerprint density at radius 1 is 1.23 bits per heavy atom. The summed E-state index contributed by atoms with van der Waals surface area (Å²) in [5.41, 5.74) is 0.661. The summed E-state index contributed by atoms with van der Waals surface area (Å²) in [6.45, 7) is 1.08. The van der Waals surface area contributed by atoms with Gasteiger partial charge in [-0.15, -0.1) is 0 Å². The van der Waals surface area contributed by atoms with Gasteiger partial charge in [0.2, 0.25) is 0 Å². The first kappa shape index (κ1) is 18.8. The molecule has 144 valence electrons. The summed E-state index contributed by atoms with van der Waals surface area (Å²) in [5.74, 6) is -0.425. The molecule has 1 N–H and O–H groups in total. The van der Waals surface area contributed by atoms with E-state index in [9.17, 15) is 18.0 Å². The molecule has 2 saturated heterocycles.